The van der Waals surface area contributed by atoms with Gasteiger partial charge in [0.2, 0.25) is 0 Å². The van der Waals surface area contributed by atoms with Crippen molar-refractivity contribution < 1.29 is 4.20 Å². The number of rotatable bonds is 2. The second-order valence-corrected chi connectivity index (χ2v) is 6.07. The Morgan fingerprint density at radius 3 is 1.50 bits per heavy atom. The smallest absolute Gasteiger partial charge is 0.0953 e. The maximum Gasteiger partial charge on any atom is 0.0953 e. The summed E-state index contributed by atoms with van der Waals surface area (Å²) in [5, 5.41) is 0.105. The Labute approximate surface area is 64.1 Å². The van der Waals surface area contributed by atoms with E-state index in [4.69, 9.17) is 0 Å². The van der Waals surface area contributed by atoms with Crippen LogP contribution in [0.1, 0.15) is 40.5 Å². The Morgan fingerprint density at radius 1 is 1.10 bits per heavy atom. The minimum absolute atomic E-state index is 0.0527. The van der Waals surface area contributed by atoms with Crippen molar-refractivity contribution in [1.82, 2.24) is 0 Å². The highest BCUT2D eigenvalue weighted by molar-refractivity contribution is 7.64. The highest BCUT2D eigenvalue weighted by Crippen LogP contribution is 2.86. The van der Waals surface area contributed by atoms with Crippen molar-refractivity contribution in [3.05, 3.63) is 0 Å². The van der Waals surface area contributed by atoms with Crippen molar-refractivity contribution in [3.8, 4) is 0 Å². The van der Waals surface area contributed by atoms with Crippen LogP contribution in [0.3, 0.4) is 0 Å². The summed E-state index contributed by atoms with van der Waals surface area (Å²) in [5.41, 5.74) is 0. The first-order valence-corrected chi connectivity index (χ1v) is 5.22. The molecule has 0 nitrogen and oxygen atoms in total. The van der Waals surface area contributed by atoms with Gasteiger partial charge in [-0.15, -0.1) is 0 Å². The van der Waals surface area contributed by atoms with Crippen LogP contribution in [0.2, 0.25) is 0 Å². The third-order valence-electron chi connectivity index (χ3n) is 3.35. The summed E-state index contributed by atoms with van der Waals surface area (Å²) in [5.74, 6) is 0. The highest BCUT2D eigenvalue weighted by atomic mass is 31.2. The highest BCUT2D eigenvalue weighted by Gasteiger charge is 2.70. The molecule has 0 bridgehead atoms. The van der Waals surface area contributed by atoms with Crippen molar-refractivity contribution in [1.29, 1.82) is 0 Å². The average molecular weight is 162 g/mol. The van der Waals surface area contributed by atoms with Crippen molar-refractivity contribution >= 4 is 8.23 Å². The van der Waals surface area contributed by atoms with Gasteiger partial charge in [-0.2, -0.15) is 0 Å². The van der Waals surface area contributed by atoms with Crippen LogP contribution < -0.4 is 0 Å². The number of hydrogen-bond donors (Lipinski definition) is 0. The van der Waals surface area contributed by atoms with E-state index in [9.17, 15) is 4.20 Å². The number of halogens is 1. The maximum atomic E-state index is 13.3. The van der Waals surface area contributed by atoms with Gasteiger partial charge in [0.15, 0.2) is 0 Å². The second-order valence-electron chi connectivity index (χ2n) is 3.54. The summed E-state index contributed by atoms with van der Waals surface area (Å²) in [6.45, 7) is 8.36. The average Bonchev–Trinajstić information content (AvgIpc) is 2.38. The van der Waals surface area contributed by atoms with Crippen molar-refractivity contribution in [2.45, 2.75) is 50.8 Å². The van der Waals surface area contributed by atoms with E-state index < -0.39 is 8.23 Å². The van der Waals surface area contributed by atoms with Gasteiger partial charge in [-0.25, -0.2) is 4.20 Å². The molecule has 1 rings (SSSR count). The lowest BCUT2D eigenvalue weighted by Crippen LogP contribution is -2.17. The largest absolute Gasteiger partial charge is 0.226 e. The summed E-state index contributed by atoms with van der Waals surface area (Å²) >= 11 is 0. The van der Waals surface area contributed by atoms with Crippen LogP contribution in [0.25, 0.3) is 0 Å². The standard InChI is InChI=1S/C8H16FP/c1-5-7(3)8(4,6-2)10(7)9/h5-6H2,1-4H3. The van der Waals surface area contributed by atoms with E-state index in [1.54, 1.807) is 0 Å². The number of hydrogen-bond acceptors (Lipinski definition) is 0. The van der Waals surface area contributed by atoms with E-state index in [0.717, 1.165) is 12.8 Å². The van der Waals surface area contributed by atoms with Gasteiger partial charge in [-0.3, -0.25) is 0 Å². The lowest BCUT2D eigenvalue weighted by atomic mass is 9.92. The summed E-state index contributed by atoms with van der Waals surface area (Å²) in [6, 6.07) is 0. The van der Waals surface area contributed by atoms with Crippen molar-refractivity contribution in [3.63, 3.8) is 0 Å². The maximum absolute atomic E-state index is 13.3. The third kappa shape index (κ3) is 0.704. The summed E-state index contributed by atoms with van der Waals surface area (Å²) in [6.07, 6.45) is 2.00. The molecule has 2 heteroatoms. The third-order valence-corrected chi connectivity index (χ3v) is 6.48. The molecule has 0 aromatic rings. The SMILES string of the molecule is CCC1(C)P(F)C1(C)CC. The van der Waals surface area contributed by atoms with Crippen LogP contribution in [-0.4, -0.2) is 10.3 Å². The van der Waals surface area contributed by atoms with Crippen LogP contribution in [0.4, 0.5) is 4.20 Å². The van der Waals surface area contributed by atoms with Crippen molar-refractivity contribution in [2.24, 2.45) is 0 Å². The molecule has 0 aromatic carbocycles. The molecule has 0 N–H and O–H groups in total. The Hall–Kier alpha value is 0.360. The van der Waals surface area contributed by atoms with Gasteiger partial charge in [-0.1, -0.05) is 27.7 Å². The predicted octanol–water partition coefficient (Wildman–Crippen LogP) is 3.70. The fourth-order valence-electron chi connectivity index (χ4n) is 1.72. The topological polar surface area (TPSA) is 0 Å². The van der Waals surface area contributed by atoms with Gasteiger partial charge in [0.1, 0.15) is 0 Å². The Bertz CT molecular complexity index is 132. The molecule has 0 amide bonds. The first-order chi connectivity index (χ1) is 4.53. The van der Waals surface area contributed by atoms with Crippen LogP contribution in [0, 0.1) is 0 Å². The van der Waals surface area contributed by atoms with E-state index in [0.29, 0.717) is 0 Å². The fraction of sp³-hybridized carbons (Fsp3) is 1.00. The molecule has 60 valence electrons. The van der Waals surface area contributed by atoms with Crippen molar-refractivity contribution in [2.75, 3.05) is 0 Å². The normalized spacial score (nSPS) is 53.1. The first kappa shape index (κ1) is 8.46. The molecule has 1 fully saturated rings. The van der Waals surface area contributed by atoms with Gasteiger partial charge in [0, 0.05) is 10.3 Å². The van der Waals surface area contributed by atoms with E-state index in [2.05, 4.69) is 27.7 Å². The molecule has 10 heavy (non-hydrogen) atoms. The minimum Gasteiger partial charge on any atom is -0.226 e. The molecule has 0 saturated carbocycles. The van der Waals surface area contributed by atoms with Gasteiger partial charge in [-0.05, 0) is 12.8 Å². The first-order valence-electron chi connectivity index (χ1n) is 3.99. The van der Waals surface area contributed by atoms with E-state index in [1.165, 1.54) is 0 Å². The van der Waals surface area contributed by atoms with E-state index >= 15 is 0 Å². The zero-order valence-corrected chi connectivity index (χ0v) is 8.13. The molecule has 0 aromatic heterocycles. The lowest BCUT2D eigenvalue weighted by molar-refractivity contribution is 0.538. The summed E-state index contributed by atoms with van der Waals surface area (Å²) < 4.78 is 13.3. The van der Waals surface area contributed by atoms with Gasteiger partial charge in [0.05, 0.1) is 8.23 Å². The molecule has 0 spiro atoms. The molecule has 2 atom stereocenters. The Kier molecular flexibility index (Phi) is 1.84. The van der Waals surface area contributed by atoms with Gasteiger partial charge < -0.3 is 0 Å². The quantitative estimate of drug-likeness (QED) is 0.543. The molecule has 1 aliphatic rings. The lowest BCUT2D eigenvalue weighted by Gasteiger charge is -2.10. The molecule has 2 unspecified atom stereocenters. The fourth-order valence-corrected chi connectivity index (χ4v) is 4.06. The molecule has 1 heterocycles. The zero-order valence-electron chi connectivity index (χ0n) is 7.24. The monoisotopic (exact) mass is 162 g/mol. The van der Waals surface area contributed by atoms with Crippen LogP contribution in [-0.2, 0) is 0 Å². The molecule has 0 aliphatic carbocycles. The Morgan fingerprint density at radius 2 is 1.40 bits per heavy atom. The van der Waals surface area contributed by atoms with Crippen LogP contribution >= 0.6 is 8.23 Å². The van der Waals surface area contributed by atoms with Gasteiger partial charge >= 0.3 is 0 Å². The predicted molar refractivity (Wildman–Crippen MR) is 45.4 cm³/mol. The molecule has 0 radical (unpaired) electrons. The molecule has 1 aliphatic heterocycles. The minimum atomic E-state index is -1.16. The molecular formula is C8H16FP. The van der Waals surface area contributed by atoms with E-state index in [-0.39, 0.29) is 10.3 Å². The zero-order chi connectivity index (χ0) is 7.99. The summed E-state index contributed by atoms with van der Waals surface area (Å²) in [7, 11) is -1.16. The van der Waals surface area contributed by atoms with Gasteiger partial charge in [0.25, 0.3) is 0 Å². The van der Waals surface area contributed by atoms with E-state index in [1.807, 2.05) is 0 Å². The van der Waals surface area contributed by atoms with Crippen LogP contribution in [0.5, 0.6) is 0 Å². The summed E-state index contributed by atoms with van der Waals surface area (Å²) in [4.78, 5) is 0. The Balaban J connectivity index is 2.71. The van der Waals surface area contributed by atoms with Crippen LogP contribution in [0.15, 0.2) is 0 Å². The second kappa shape index (κ2) is 2.17. The molecular weight excluding hydrogens is 146 g/mol. The molecule has 1 saturated heterocycles.